The van der Waals surface area contributed by atoms with Gasteiger partial charge in [-0.3, -0.25) is 0 Å². The van der Waals surface area contributed by atoms with E-state index in [1.54, 1.807) is 4.90 Å². The van der Waals surface area contributed by atoms with E-state index in [4.69, 9.17) is 4.74 Å². The summed E-state index contributed by atoms with van der Waals surface area (Å²) >= 11 is 0. The van der Waals surface area contributed by atoms with Gasteiger partial charge in [0.15, 0.2) is 0 Å². The second kappa shape index (κ2) is 3.26. The Bertz CT molecular complexity index is 295. The lowest BCUT2D eigenvalue weighted by atomic mass is 9.80. The average molecular weight is 209 g/mol. The van der Waals surface area contributed by atoms with Crippen LogP contribution in [-0.2, 0) is 4.74 Å². The molecule has 1 fully saturated rings. The zero-order chi connectivity index (χ0) is 11.1. The van der Waals surface area contributed by atoms with Crippen LogP contribution < -0.4 is 0 Å². The van der Waals surface area contributed by atoms with Crippen molar-refractivity contribution < 1.29 is 9.53 Å². The van der Waals surface area contributed by atoms with E-state index in [1.165, 1.54) is 6.42 Å². The largest absolute Gasteiger partial charge is 0.444 e. The molecule has 1 aliphatic carbocycles. The molecule has 1 aliphatic heterocycles. The summed E-state index contributed by atoms with van der Waals surface area (Å²) in [6.45, 7) is 7.36. The van der Waals surface area contributed by atoms with Crippen LogP contribution in [0.5, 0.6) is 0 Å². The van der Waals surface area contributed by atoms with E-state index >= 15 is 0 Å². The van der Waals surface area contributed by atoms with E-state index in [2.05, 4.69) is 12.2 Å². The Labute approximate surface area is 91.1 Å². The number of likely N-dealkylation sites (tertiary alicyclic amines) is 1. The van der Waals surface area contributed by atoms with Gasteiger partial charge in [-0.05, 0) is 33.6 Å². The minimum absolute atomic E-state index is 0.173. The van der Waals surface area contributed by atoms with Crippen LogP contribution in [0.2, 0.25) is 0 Å². The van der Waals surface area contributed by atoms with Gasteiger partial charge in [0.2, 0.25) is 0 Å². The molecule has 1 heterocycles. The molecule has 0 saturated carbocycles. The highest BCUT2D eigenvalue weighted by atomic mass is 16.6. The average Bonchev–Trinajstić information content (AvgIpc) is 2.44. The van der Waals surface area contributed by atoms with Crippen LogP contribution in [0.3, 0.4) is 0 Å². The Kier molecular flexibility index (Phi) is 2.28. The zero-order valence-corrected chi connectivity index (χ0v) is 9.75. The maximum atomic E-state index is 11.7. The number of hydrogen-bond donors (Lipinski definition) is 0. The molecule has 2 aliphatic rings. The molecule has 2 rings (SSSR count). The van der Waals surface area contributed by atoms with Crippen LogP contribution in [0.4, 0.5) is 4.79 Å². The van der Waals surface area contributed by atoms with Gasteiger partial charge < -0.3 is 9.64 Å². The summed E-state index contributed by atoms with van der Waals surface area (Å²) in [6, 6.07) is 0. The second-order valence-electron chi connectivity index (χ2n) is 5.64. The van der Waals surface area contributed by atoms with Crippen molar-refractivity contribution in [1.82, 2.24) is 4.90 Å². The summed E-state index contributed by atoms with van der Waals surface area (Å²) in [5.41, 5.74) is -0.0950. The molecule has 0 N–H and O–H groups in total. The number of ether oxygens (including phenoxy) is 1. The van der Waals surface area contributed by atoms with E-state index < -0.39 is 0 Å². The summed E-state index contributed by atoms with van der Waals surface area (Å²) in [5.74, 6) is 0. The first-order valence-corrected chi connectivity index (χ1v) is 5.56. The van der Waals surface area contributed by atoms with Crippen LogP contribution in [-0.4, -0.2) is 29.7 Å². The molecule has 3 nitrogen and oxygen atoms in total. The molecule has 0 atom stereocenters. The summed E-state index contributed by atoms with van der Waals surface area (Å²) in [5, 5.41) is 0. The lowest BCUT2D eigenvalue weighted by molar-refractivity contribution is -0.0183. The van der Waals surface area contributed by atoms with Crippen LogP contribution in [0, 0.1) is 5.41 Å². The van der Waals surface area contributed by atoms with Gasteiger partial charge in [-0.1, -0.05) is 12.2 Å². The van der Waals surface area contributed by atoms with Crippen LogP contribution in [0.1, 0.15) is 33.6 Å². The Hall–Kier alpha value is -0.990. The number of allylic oxidation sites excluding steroid dienone is 1. The molecule has 3 heteroatoms. The van der Waals surface area contributed by atoms with E-state index in [0.29, 0.717) is 0 Å². The van der Waals surface area contributed by atoms with Crippen molar-refractivity contribution >= 4 is 6.09 Å². The molecule has 0 bridgehead atoms. The van der Waals surface area contributed by atoms with Crippen molar-refractivity contribution in [3.63, 3.8) is 0 Å². The first-order chi connectivity index (χ1) is 6.90. The SMILES string of the molecule is CC(C)(C)OC(=O)N1CC2(C=CCC2)C1. The zero-order valence-electron chi connectivity index (χ0n) is 9.75. The van der Waals surface area contributed by atoms with Crippen LogP contribution in [0.25, 0.3) is 0 Å². The third kappa shape index (κ3) is 2.16. The standard InChI is InChI=1S/C12H19NO2/c1-11(2,3)15-10(14)13-8-12(9-13)6-4-5-7-12/h4,6H,5,7-9H2,1-3H3. The van der Waals surface area contributed by atoms with Crippen molar-refractivity contribution in [1.29, 1.82) is 0 Å². The van der Waals surface area contributed by atoms with Gasteiger partial charge in [-0.15, -0.1) is 0 Å². The molecule has 1 amide bonds. The Morgan fingerprint density at radius 2 is 2.07 bits per heavy atom. The Morgan fingerprint density at radius 3 is 2.53 bits per heavy atom. The smallest absolute Gasteiger partial charge is 0.410 e. The molecule has 1 saturated heterocycles. The first kappa shape index (κ1) is 10.5. The van der Waals surface area contributed by atoms with E-state index in [9.17, 15) is 4.79 Å². The molecular weight excluding hydrogens is 190 g/mol. The number of nitrogens with zero attached hydrogens (tertiary/aromatic N) is 1. The van der Waals surface area contributed by atoms with Crippen molar-refractivity contribution in [3.05, 3.63) is 12.2 Å². The van der Waals surface area contributed by atoms with E-state index in [0.717, 1.165) is 19.5 Å². The maximum Gasteiger partial charge on any atom is 0.410 e. The fourth-order valence-corrected chi connectivity index (χ4v) is 2.22. The molecule has 0 unspecified atom stereocenters. The highest BCUT2D eigenvalue weighted by molar-refractivity contribution is 5.69. The molecule has 15 heavy (non-hydrogen) atoms. The second-order valence-corrected chi connectivity index (χ2v) is 5.64. The van der Waals surface area contributed by atoms with Crippen LogP contribution >= 0.6 is 0 Å². The quantitative estimate of drug-likeness (QED) is 0.574. The van der Waals surface area contributed by atoms with Gasteiger partial charge >= 0.3 is 6.09 Å². The number of rotatable bonds is 0. The molecule has 1 spiro atoms. The molecule has 84 valence electrons. The Balaban J connectivity index is 1.84. The third-order valence-electron chi connectivity index (χ3n) is 2.94. The molecule has 0 aromatic carbocycles. The summed E-state index contributed by atoms with van der Waals surface area (Å²) in [4.78, 5) is 13.5. The molecular formula is C12H19NO2. The predicted molar refractivity (Wildman–Crippen MR) is 58.6 cm³/mol. The predicted octanol–water partition coefficient (Wildman–Crippen LogP) is 2.57. The van der Waals surface area contributed by atoms with Gasteiger partial charge in [0.05, 0.1) is 0 Å². The third-order valence-corrected chi connectivity index (χ3v) is 2.94. The number of amides is 1. The normalized spacial score (nSPS) is 23.0. The van der Waals surface area contributed by atoms with Gasteiger partial charge in [0.25, 0.3) is 0 Å². The molecule has 0 radical (unpaired) electrons. The Morgan fingerprint density at radius 1 is 1.40 bits per heavy atom. The van der Waals surface area contributed by atoms with Crippen molar-refractivity contribution in [2.45, 2.75) is 39.2 Å². The lowest BCUT2D eigenvalue weighted by Crippen LogP contribution is -2.57. The number of hydrogen-bond acceptors (Lipinski definition) is 2. The minimum atomic E-state index is -0.384. The summed E-state index contributed by atoms with van der Waals surface area (Å²) < 4.78 is 5.31. The van der Waals surface area contributed by atoms with Crippen molar-refractivity contribution in [2.24, 2.45) is 5.41 Å². The van der Waals surface area contributed by atoms with Gasteiger partial charge in [0.1, 0.15) is 5.60 Å². The number of carbonyl (C=O) groups excluding carboxylic acids is 1. The number of carbonyl (C=O) groups is 1. The fraction of sp³-hybridized carbons (Fsp3) is 0.750. The fourth-order valence-electron chi connectivity index (χ4n) is 2.22. The monoisotopic (exact) mass is 209 g/mol. The maximum absolute atomic E-state index is 11.7. The first-order valence-electron chi connectivity index (χ1n) is 5.56. The molecule has 0 aromatic heterocycles. The van der Waals surface area contributed by atoms with E-state index in [-0.39, 0.29) is 17.1 Å². The van der Waals surface area contributed by atoms with Crippen molar-refractivity contribution in [2.75, 3.05) is 13.1 Å². The van der Waals surface area contributed by atoms with Gasteiger partial charge in [-0.25, -0.2) is 4.79 Å². The summed E-state index contributed by atoms with van der Waals surface area (Å²) in [7, 11) is 0. The highest BCUT2D eigenvalue weighted by Crippen LogP contribution is 2.41. The van der Waals surface area contributed by atoms with E-state index in [1.807, 2.05) is 20.8 Å². The lowest BCUT2D eigenvalue weighted by Gasteiger charge is -2.47. The van der Waals surface area contributed by atoms with Crippen LogP contribution in [0.15, 0.2) is 12.2 Å². The highest BCUT2D eigenvalue weighted by Gasteiger charge is 2.45. The van der Waals surface area contributed by atoms with Crippen molar-refractivity contribution in [3.8, 4) is 0 Å². The summed E-state index contributed by atoms with van der Waals surface area (Å²) in [6.07, 6.45) is 6.64. The van der Waals surface area contributed by atoms with Gasteiger partial charge in [-0.2, -0.15) is 0 Å². The minimum Gasteiger partial charge on any atom is -0.444 e. The topological polar surface area (TPSA) is 29.5 Å². The molecule has 0 aromatic rings. The van der Waals surface area contributed by atoms with Gasteiger partial charge in [0, 0.05) is 18.5 Å².